The lowest BCUT2D eigenvalue weighted by Gasteiger charge is -2.42. The molecule has 2 aliphatic rings. The topological polar surface area (TPSA) is 93.5 Å². The van der Waals surface area contributed by atoms with Crippen LogP contribution in [0.15, 0.2) is 54.6 Å². The quantitative estimate of drug-likeness (QED) is 0.581. The fraction of sp³-hybridized carbons (Fsp3) is 0.481. The molecule has 2 fully saturated rings. The summed E-state index contributed by atoms with van der Waals surface area (Å²) in [5, 5.41) is 14.8. The minimum Gasteiger partial charge on any atom is -0.494 e. The monoisotopic (exact) mass is 483 g/mol. The molecule has 0 bridgehead atoms. The molecular formula is C27H37N3O5. The Morgan fingerprint density at radius 2 is 1.29 bits per heavy atom. The molecule has 2 N–H and O–H groups in total. The summed E-state index contributed by atoms with van der Waals surface area (Å²) in [5.41, 5.74) is 2.82. The van der Waals surface area contributed by atoms with E-state index >= 15 is 0 Å². The van der Waals surface area contributed by atoms with E-state index in [4.69, 9.17) is 24.5 Å². The summed E-state index contributed by atoms with van der Waals surface area (Å²) in [6.07, 6.45) is 2.60. The number of carboxylic acid groups (broad SMARTS) is 2. The van der Waals surface area contributed by atoms with Crippen LogP contribution in [-0.4, -0.2) is 88.8 Å². The van der Waals surface area contributed by atoms with Gasteiger partial charge in [0.15, 0.2) is 0 Å². The van der Waals surface area contributed by atoms with Gasteiger partial charge in [0.05, 0.1) is 6.61 Å². The van der Waals surface area contributed by atoms with Crippen LogP contribution in [-0.2, 0) is 22.7 Å². The molecule has 0 unspecified atom stereocenters. The third kappa shape index (κ3) is 8.98. The highest BCUT2D eigenvalue weighted by molar-refractivity contribution is 6.27. The maximum atomic E-state index is 9.10. The van der Waals surface area contributed by atoms with Crippen molar-refractivity contribution in [2.75, 3.05) is 45.9 Å². The van der Waals surface area contributed by atoms with Gasteiger partial charge in [-0.2, -0.15) is 0 Å². The van der Waals surface area contributed by atoms with Crippen molar-refractivity contribution in [2.45, 2.75) is 38.9 Å². The number of carboxylic acids is 2. The summed E-state index contributed by atoms with van der Waals surface area (Å²) in [6.45, 7) is 12.2. The third-order valence-corrected chi connectivity index (χ3v) is 6.55. The second-order valence-corrected chi connectivity index (χ2v) is 8.99. The van der Waals surface area contributed by atoms with Gasteiger partial charge in [0, 0.05) is 45.3 Å². The van der Waals surface area contributed by atoms with E-state index in [-0.39, 0.29) is 0 Å². The Balaban J connectivity index is 0.000000509. The maximum Gasteiger partial charge on any atom is 0.414 e. The van der Waals surface area contributed by atoms with E-state index in [9.17, 15) is 0 Å². The largest absolute Gasteiger partial charge is 0.494 e. The molecule has 0 saturated carbocycles. The molecule has 2 aromatic rings. The van der Waals surface area contributed by atoms with Crippen LogP contribution in [0.5, 0.6) is 5.75 Å². The van der Waals surface area contributed by atoms with E-state index in [0.717, 1.165) is 31.5 Å². The Kier molecular flexibility index (Phi) is 10.5. The van der Waals surface area contributed by atoms with Gasteiger partial charge in [-0.1, -0.05) is 42.5 Å². The lowest BCUT2D eigenvalue weighted by molar-refractivity contribution is -0.159. The molecular weight excluding hydrogens is 446 g/mol. The molecule has 2 aliphatic heterocycles. The first kappa shape index (κ1) is 26.7. The van der Waals surface area contributed by atoms with Crippen LogP contribution >= 0.6 is 0 Å². The van der Waals surface area contributed by atoms with Crippen molar-refractivity contribution in [2.24, 2.45) is 0 Å². The van der Waals surface area contributed by atoms with E-state index < -0.39 is 11.9 Å². The Labute approximate surface area is 207 Å². The second kappa shape index (κ2) is 13.8. The molecule has 8 nitrogen and oxygen atoms in total. The molecule has 0 aliphatic carbocycles. The number of ether oxygens (including phenoxy) is 1. The van der Waals surface area contributed by atoms with Crippen molar-refractivity contribution in [1.29, 1.82) is 0 Å². The SMILES string of the molecule is CCOc1ccc(CN2CCC(N3CCN(Cc4ccccc4)CC3)CC2)cc1.O=C(O)C(=O)O. The highest BCUT2D eigenvalue weighted by Crippen LogP contribution is 2.21. The molecule has 4 rings (SSSR count). The maximum absolute atomic E-state index is 9.10. The summed E-state index contributed by atoms with van der Waals surface area (Å²) in [5.74, 6) is -2.67. The molecule has 0 radical (unpaired) electrons. The van der Waals surface area contributed by atoms with Gasteiger partial charge in [-0.3, -0.25) is 14.7 Å². The van der Waals surface area contributed by atoms with Crippen molar-refractivity contribution < 1.29 is 24.5 Å². The molecule has 8 heteroatoms. The molecule has 190 valence electrons. The minimum atomic E-state index is -1.82. The van der Waals surface area contributed by atoms with Gasteiger partial charge >= 0.3 is 11.9 Å². The van der Waals surface area contributed by atoms with Gasteiger partial charge in [-0.25, -0.2) is 9.59 Å². The summed E-state index contributed by atoms with van der Waals surface area (Å²) in [7, 11) is 0. The molecule has 2 saturated heterocycles. The van der Waals surface area contributed by atoms with Gasteiger partial charge in [0.25, 0.3) is 0 Å². The van der Waals surface area contributed by atoms with E-state index in [1.165, 1.54) is 63.2 Å². The molecule has 0 aromatic heterocycles. The predicted molar refractivity (Wildman–Crippen MR) is 134 cm³/mol. The summed E-state index contributed by atoms with van der Waals surface area (Å²) >= 11 is 0. The number of rotatable bonds is 7. The van der Waals surface area contributed by atoms with E-state index in [1.807, 2.05) is 6.92 Å². The zero-order valence-electron chi connectivity index (χ0n) is 20.5. The first-order chi connectivity index (χ1) is 16.9. The van der Waals surface area contributed by atoms with Crippen LogP contribution in [0.4, 0.5) is 0 Å². The van der Waals surface area contributed by atoms with E-state index in [1.54, 1.807) is 0 Å². The van der Waals surface area contributed by atoms with Crippen molar-refractivity contribution in [3.05, 3.63) is 65.7 Å². The highest BCUT2D eigenvalue weighted by Gasteiger charge is 2.27. The number of hydrogen-bond acceptors (Lipinski definition) is 6. The number of carbonyl (C=O) groups is 2. The van der Waals surface area contributed by atoms with Crippen molar-refractivity contribution in [3.8, 4) is 5.75 Å². The predicted octanol–water partition coefficient (Wildman–Crippen LogP) is 3.02. The van der Waals surface area contributed by atoms with Crippen LogP contribution in [0.25, 0.3) is 0 Å². The van der Waals surface area contributed by atoms with Crippen LogP contribution in [0.3, 0.4) is 0 Å². The number of likely N-dealkylation sites (tertiary alicyclic amines) is 1. The summed E-state index contributed by atoms with van der Waals surface area (Å²) < 4.78 is 5.55. The zero-order valence-corrected chi connectivity index (χ0v) is 20.5. The summed E-state index contributed by atoms with van der Waals surface area (Å²) in [6, 6.07) is 20.3. The molecule has 0 atom stereocenters. The molecule has 0 spiro atoms. The Hall–Kier alpha value is -2.94. The first-order valence-electron chi connectivity index (χ1n) is 12.3. The standard InChI is InChI=1S/C25H35N3O.C2H2O4/c1-2-29-25-10-8-23(9-11-25)21-26-14-12-24(13-15-26)28-18-16-27(17-19-28)20-22-6-4-3-5-7-22;3-1(4)2(5)6/h3-11,24H,2,12-21H2,1H3;(H,3,4)(H,5,6). The van der Waals surface area contributed by atoms with Crippen LogP contribution in [0, 0.1) is 0 Å². The van der Waals surface area contributed by atoms with Crippen molar-refractivity contribution >= 4 is 11.9 Å². The normalized spacial score (nSPS) is 17.9. The number of piperidine rings is 1. The van der Waals surface area contributed by atoms with Crippen LogP contribution in [0.2, 0.25) is 0 Å². The molecule has 0 amide bonds. The van der Waals surface area contributed by atoms with Gasteiger partial charge < -0.3 is 14.9 Å². The summed E-state index contributed by atoms with van der Waals surface area (Å²) in [4.78, 5) is 26.2. The fourth-order valence-corrected chi connectivity index (χ4v) is 4.69. The zero-order chi connectivity index (χ0) is 25.0. The number of benzene rings is 2. The van der Waals surface area contributed by atoms with Gasteiger partial charge in [0.1, 0.15) is 5.75 Å². The Bertz CT molecular complexity index is 894. The van der Waals surface area contributed by atoms with Crippen LogP contribution in [0.1, 0.15) is 30.9 Å². The number of hydrogen-bond donors (Lipinski definition) is 2. The van der Waals surface area contributed by atoms with E-state index in [2.05, 4.69) is 69.3 Å². The lowest BCUT2D eigenvalue weighted by Crippen LogP contribution is -2.52. The van der Waals surface area contributed by atoms with Crippen molar-refractivity contribution in [3.63, 3.8) is 0 Å². The highest BCUT2D eigenvalue weighted by atomic mass is 16.5. The van der Waals surface area contributed by atoms with Gasteiger partial charge in [-0.15, -0.1) is 0 Å². The first-order valence-corrected chi connectivity index (χ1v) is 12.3. The number of aliphatic carboxylic acids is 2. The van der Waals surface area contributed by atoms with E-state index in [0.29, 0.717) is 0 Å². The minimum absolute atomic E-state index is 0.730. The number of nitrogens with zero attached hydrogens (tertiary/aromatic N) is 3. The van der Waals surface area contributed by atoms with Gasteiger partial charge in [0.2, 0.25) is 0 Å². The smallest absolute Gasteiger partial charge is 0.414 e. The van der Waals surface area contributed by atoms with Crippen molar-refractivity contribution in [1.82, 2.24) is 14.7 Å². The lowest BCUT2D eigenvalue weighted by atomic mass is 10.0. The molecule has 2 heterocycles. The number of piperazine rings is 1. The van der Waals surface area contributed by atoms with Crippen LogP contribution < -0.4 is 4.74 Å². The fourth-order valence-electron chi connectivity index (χ4n) is 4.69. The average Bonchev–Trinajstić information content (AvgIpc) is 2.87. The average molecular weight is 484 g/mol. The Morgan fingerprint density at radius 1 is 0.771 bits per heavy atom. The molecule has 35 heavy (non-hydrogen) atoms. The molecule has 2 aromatic carbocycles. The van der Waals surface area contributed by atoms with Gasteiger partial charge in [-0.05, 0) is 56.1 Å². The Morgan fingerprint density at radius 3 is 1.80 bits per heavy atom. The second-order valence-electron chi connectivity index (χ2n) is 8.99. The third-order valence-electron chi connectivity index (χ3n) is 6.55.